The van der Waals surface area contributed by atoms with Gasteiger partial charge in [0.1, 0.15) is 0 Å². The standard InChI is InChI=1S/C15H14ClN5O2S/c16-12-3-1-10(2-4-12)9-24-14-6-5-13(21(22)23)7-11(14)8-19-20-15(17)18/h1-8H,9H2,(H4,17,18,20). The van der Waals surface area contributed by atoms with Gasteiger partial charge in [0, 0.05) is 33.4 Å². The molecule has 2 aromatic carbocycles. The van der Waals surface area contributed by atoms with E-state index in [-0.39, 0.29) is 11.6 Å². The van der Waals surface area contributed by atoms with Gasteiger partial charge >= 0.3 is 0 Å². The van der Waals surface area contributed by atoms with E-state index in [0.29, 0.717) is 16.3 Å². The summed E-state index contributed by atoms with van der Waals surface area (Å²) in [5, 5.41) is 18.8. The molecule has 0 aliphatic rings. The van der Waals surface area contributed by atoms with Crippen molar-refractivity contribution in [2.45, 2.75) is 10.6 Å². The van der Waals surface area contributed by atoms with E-state index in [2.05, 4.69) is 10.2 Å². The Hall–Kier alpha value is -2.58. The van der Waals surface area contributed by atoms with Crippen molar-refractivity contribution in [1.29, 1.82) is 0 Å². The molecular formula is C15H14ClN5O2S. The number of rotatable bonds is 6. The zero-order valence-corrected chi connectivity index (χ0v) is 14.0. The minimum atomic E-state index is -0.467. The van der Waals surface area contributed by atoms with Crippen LogP contribution in [0.5, 0.6) is 0 Å². The van der Waals surface area contributed by atoms with Crippen LogP contribution in [0.3, 0.4) is 0 Å². The highest BCUT2D eigenvalue weighted by Crippen LogP contribution is 2.28. The molecule has 0 heterocycles. The second-order valence-corrected chi connectivity index (χ2v) is 6.12. The van der Waals surface area contributed by atoms with Crippen LogP contribution in [0.4, 0.5) is 5.69 Å². The first-order chi connectivity index (χ1) is 11.5. The predicted molar refractivity (Wildman–Crippen MR) is 97.5 cm³/mol. The summed E-state index contributed by atoms with van der Waals surface area (Å²) in [6, 6.07) is 12.0. The van der Waals surface area contributed by atoms with Crippen LogP contribution in [0.2, 0.25) is 5.02 Å². The summed E-state index contributed by atoms with van der Waals surface area (Å²) in [6.45, 7) is 0. The van der Waals surface area contributed by atoms with E-state index in [1.807, 2.05) is 24.3 Å². The van der Waals surface area contributed by atoms with Gasteiger partial charge < -0.3 is 11.5 Å². The number of nitrogens with zero attached hydrogens (tertiary/aromatic N) is 3. The lowest BCUT2D eigenvalue weighted by molar-refractivity contribution is -0.384. The second-order valence-electron chi connectivity index (χ2n) is 4.66. The fourth-order valence-corrected chi connectivity index (χ4v) is 2.86. The van der Waals surface area contributed by atoms with E-state index in [0.717, 1.165) is 10.5 Å². The second kappa shape index (κ2) is 8.32. The van der Waals surface area contributed by atoms with Crippen LogP contribution in [0.15, 0.2) is 57.6 Å². The molecule has 24 heavy (non-hydrogen) atoms. The molecule has 7 nitrogen and oxygen atoms in total. The SMILES string of the molecule is NC(N)=NN=Cc1cc([N+](=O)[O-])ccc1SCc1ccc(Cl)cc1. The van der Waals surface area contributed by atoms with E-state index >= 15 is 0 Å². The molecule has 0 unspecified atom stereocenters. The van der Waals surface area contributed by atoms with Gasteiger partial charge in [-0.2, -0.15) is 5.10 Å². The van der Waals surface area contributed by atoms with E-state index in [4.69, 9.17) is 23.1 Å². The van der Waals surface area contributed by atoms with Crippen LogP contribution in [0.1, 0.15) is 11.1 Å². The van der Waals surface area contributed by atoms with Gasteiger partial charge in [-0.05, 0) is 23.8 Å². The maximum atomic E-state index is 10.9. The summed E-state index contributed by atoms with van der Waals surface area (Å²) in [7, 11) is 0. The van der Waals surface area contributed by atoms with E-state index < -0.39 is 4.92 Å². The molecule has 2 aromatic rings. The van der Waals surface area contributed by atoms with Gasteiger partial charge in [0.25, 0.3) is 5.69 Å². The van der Waals surface area contributed by atoms with Crippen molar-refractivity contribution in [2.75, 3.05) is 0 Å². The minimum Gasteiger partial charge on any atom is -0.369 e. The Morgan fingerprint density at radius 2 is 1.96 bits per heavy atom. The maximum absolute atomic E-state index is 10.9. The highest BCUT2D eigenvalue weighted by Gasteiger charge is 2.10. The Kier molecular flexibility index (Phi) is 6.16. The molecule has 124 valence electrons. The summed E-state index contributed by atoms with van der Waals surface area (Å²) in [5.74, 6) is 0.491. The zero-order chi connectivity index (χ0) is 17.5. The highest BCUT2D eigenvalue weighted by molar-refractivity contribution is 7.98. The third kappa shape index (κ3) is 5.25. The van der Waals surface area contributed by atoms with Crippen LogP contribution in [0, 0.1) is 10.1 Å². The van der Waals surface area contributed by atoms with Crippen molar-refractivity contribution in [3.8, 4) is 0 Å². The Morgan fingerprint density at radius 3 is 2.58 bits per heavy atom. The smallest absolute Gasteiger partial charge is 0.270 e. The van der Waals surface area contributed by atoms with Gasteiger partial charge in [-0.25, -0.2) is 0 Å². The number of hydrogen-bond donors (Lipinski definition) is 2. The molecule has 0 amide bonds. The van der Waals surface area contributed by atoms with Crippen LogP contribution < -0.4 is 11.5 Å². The van der Waals surface area contributed by atoms with Crippen molar-refractivity contribution in [2.24, 2.45) is 21.7 Å². The molecule has 0 aliphatic heterocycles. The first-order valence-electron chi connectivity index (χ1n) is 6.73. The Balaban J connectivity index is 2.23. The van der Waals surface area contributed by atoms with E-state index in [1.54, 1.807) is 6.07 Å². The molecule has 0 atom stereocenters. The van der Waals surface area contributed by atoms with Gasteiger partial charge in [-0.15, -0.1) is 16.9 Å². The largest absolute Gasteiger partial charge is 0.369 e. The number of thioether (sulfide) groups is 1. The lowest BCUT2D eigenvalue weighted by Gasteiger charge is -2.06. The molecular weight excluding hydrogens is 350 g/mol. The molecule has 0 aliphatic carbocycles. The van der Waals surface area contributed by atoms with Crippen LogP contribution >= 0.6 is 23.4 Å². The first-order valence-corrected chi connectivity index (χ1v) is 8.09. The minimum absolute atomic E-state index is 0.0306. The van der Waals surface area contributed by atoms with Crippen molar-refractivity contribution >= 4 is 41.2 Å². The van der Waals surface area contributed by atoms with Crippen molar-refractivity contribution in [1.82, 2.24) is 0 Å². The average molecular weight is 364 g/mol. The van der Waals surface area contributed by atoms with Crippen LogP contribution in [-0.2, 0) is 5.75 Å². The fourth-order valence-electron chi connectivity index (χ4n) is 1.78. The molecule has 4 N–H and O–H groups in total. The fraction of sp³-hybridized carbons (Fsp3) is 0.0667. The van der Waals surface area contributed by atoms with Gasteiger partial charge in [-0.1, -0.05) is 23.7 Å². The molecule has 2 rings (SSSR count). The molecule has 0 radical (unpaired) electrons. The van der Waals surface area contributed by atoms with Crippen molar-refractivity contribution < 1.29 is 4.92 Å². The molecule has 0 aromatic heterocycles. The highest BCUT2D eigenvalue weighted by atomic mass is 35.5. The van der Waals surface area contributed by atoms with Gasteiger partial charge in [0.05, 0.1) is 11.1 Å². The predicted octanol–water partition coefficient (Wildman–Crippen LogP) is 3.15. The number of guanidine groups is 1. The van der Waals surface area contributed by atoms with Gasteiger partial charge in [0.2, 0.25) is 5.96 Å². The summed E-state index contributed by atoms with van der Waals surface area (Å²) in [5.41, 5.74) is 12.0. The maximum Gasteiger partial charge on any atom is 0.270 e. The average Bonchev–Trinajstić information content (AvgIpc) is 2.54. The molecule has 0 spiro atoms. The molecule has 9 heteroatoms. The number of benzene rings is 2. The lowest BCUT2D eigenvalue weighted by Crippen LogP contribution is -2.21. The number of hydrogen-bond acceptors (Lipinski definition) is 5. The summed E-state index contributed by atoms with van der Waals surface area (Å²) >= 11 is 7.38. The summed E-state index contributed by atoms with van der Waals surface area (Å²) in [4.78, 5) is 11.3. The number of halogens is 1. The Labute approximate surface area is 147 Å². The third-order valence-electron chi connectivity index (χ3n) is 2.88. The van der Waals surface area contributed by atoms with Crippen LogP contribution in [-0.4, -0.2) is 17.1 Å². The van der Waals surface area contributed by atoms with Crippen molar-refractivity contribution in [3.05, 3.63) is 68.7 Å². The molecule has 0 fully saturated rings. The van der Waals surface area contributed by atoms with E-state index in [9.17, 15) is 10.1 Å². The monoisotopic (exact) mass is 363 g/mol. The topological polar surface area (TPSA) is 120 Å². The third-order valence-corrected chi connectivity index (χ3v) is 4.29. The summed E-state index contributed by atoms with van der Waals surface area (Å²) < 4.78 is 0. The number of nitro groups is 1. The van der Waals surface area contributed by atoms with Crippen LogP contribution in [0.25, 0.3) is 0 Å². The summed E-state index contributed by atoms with van der Waals surface area (Å²) in [6.07, 6.45) is 1.39. The number of nitro benzene ring substituents is 1. The number of nitrogens with two attached hydrogens (primary N) is 2. The molecule has 0 bridgehead atoms. The van der Waals surface area contributed by atoms with Crippen molar-refractivity contribution in [3.63, 3.8) is 0 Å². The van der Waals surface area contributed by atoms with E-state index in [1.165, 1.54) is 30.1 Å². The quantitative estimate of drug-likeness (QED) is 0.268. The number of non-ortho nitro benzene ring substituents is 1. The van der Waals surface area contributed by atoms with Gasteiger partial charge in [-0.3, -0.25) is 10.1 Å². The molecule has 0 saturated heterocycles. The normalized spacial score (nSPS) is 10.7. The zero-order valence-electron chi connectivity index (χ0n) is 12.4. The lowest BCUT2D eigenvalue weighted by atomic mass is 10.2. The Morgan fingerprint density at radius 1 is 1.25 bits per heavy atom. The van der Waals surface area contributed by atoms with Gasteiger partial charge in [0.15, 0.2) is 0 Å². The first kappa shape index (κ1) is 17.8. The Bertz CT molecular complexity index is 789. The molecule has 0 saturated carbocycles.